The summed E-state index contributed by atoms with van der Waals surface area (Å²) >= 11 is 6.70. The van der Waals surface area contributed by atoms with Gasteiger partial charge in [-0.3, -0.25) is 14.4 Å². The Bertz CT molecular complexity index is 1210. The molecule has 3 aliphatic heterocycles. The van der Waals surface area contributed by atoms with Gasteiger partial charge in [0, 0.05) is 36.8 Å². The van der Waals surface area contributed by atoms with Crippen molar-refractivity contribution < 1.29 is 29.0 Å². The number of rotatable bonds is 7. The third-order valence-electron chi connectivity index (χ3n) is 8.90. The molecular weight excluding hydrogens is 550 g/mol. The van der Waals surface area contributed by atoms with Gasteiger partial charge in [0.25, 0.3) is 0 Å². The first-order chi connectivity index (χ1) is 19.8. The molecule has 3 heterocycles. The third kappa shape index (κ3) is 6.27. The van der Waals surface area contributed by atoms with E-state index in [0.717, 1.165) is 55.5 Å². The molecule has 224 valence electrons. The number of amides is 2. The van der Waals surface area contributed by atoms with E-state index in [1.54, 1.807) is 26.9 Å². The normalized spacial score (nSPS) is 26.4. The summed E-state index contributed by atoms with van der Waals surface area (Å²) in [7, 11) is 0. The van der Waals surface area contributed by atoms with Crippen molar-refractivity contribution in [3.63, 3.8) is 0 Å². The Morgan fingerprint density at radius 2 is 1.85 bits per heavy atom. The molecular formula is C29H40ClN5O6. The van der Waals surface area contributed by atoms with Crippen molar-refractivity contribution in [2.45, 2.75) is 57.4 Å². The lowest BCUT2D eigenvalue weighted by Gasteiger charge is -2.43. The fourth-order valence-electron chi connectivity index (χ4n) is 6.68. The van der Waals surface area contributed by atoms with Crippen LogP contribution in [0.5, 0.6) is 5.75 Å². The number of aliphatic carboxylic acids is 1. The predicted octanol–water partition coefficient (Wildman–Crippen LogP) is 2.42. The lowest BCUT2D eigenvalue weighted by atomic mass is 9.77. The number of nitrogens with two attached hydrogens (primary N) is 2. The van der Waals surface area contributed by atoms with E-state index in [9.17, 15) is 19.5 Å². The predicted molar refractivity (Wildman–Crippen MR) is 152 cm³/mol. The number of carboxylic acids is 1. The number of benzene rings is 1. The maximum absolute atomic E-state index is 14.1. The molecule has 3 unspecified atom stereocenters. The highest BCUT2D eigenvalue weighted by molar-refractivity contribution is 6.31. The number of ether oxygens (including phenoxy) is 2. The molecule has 2 saturated heterocycles. The first kappa shape index (κ1) is 29.5. The summed E-state index contributed by atoms with van der Waals surface area (Å²) in [6.07, 6.45) is 5.89. The summed E-state index contributed by atoms with van der Waals surface area (Å²) in [6, 6.07) is 3.00. The van der Waals surface area contributed by atoms with Crippen LogP contribution in [0.4, 0.5) is 0 Å². The number of nitrogens with zero attached hydrogens (tertiary/aromatic N) is 3. The average molecular weight is 590 g/mol. The fourth-order valence-corrected chi connectivity index (χ4v) is 6.94. The van der Waals surface area contributed by atoms with E-state index >= 15 is 0 Å². The van der Waals surface area contributed by atoms with Crippen molar-refractivity contribution in [1.29, 1.82) is 0 Å². The van der Waals surface area contributed by atoms with Gasteiger partial charge in [-0.2, -0.15) is 0 Å². The summed E-state index contributed by atoms with van der Waals surface area (Å²) in [6.45, 7) is 2.23. The second-order valence-electron chi connectivity index (χ2n) is 11.4. The van der Waals surface area contributed by atoms with Gasteiger partial charge in [0.2, 0.25) is 11.8 Å². The van der Waals surface area contributed by atoms with Crippen LogP contribution in [0.25, 0.3) is 0 Å². The number of carboxylic acid groups (broad SMARTS) is 1. The highest BCUT2D eigenvalue weighted by Gasteiger charge is 2.43. The number of carbonyl (C=O) groups excluding carboxylic acids is 2. The van der Waals surface area contributed by atoms with Gasteiger partial charge in [-0.25, -0.2) is 5.84 Å². The van der Waals surface area contributed by atoms with Crippen LogP contribution in [-0.4, -0.2) is 83.7 Å². The van der Waals surface area contributed by atoms with Gasteiger partial charge in [0.15, 0.2) is 0 Å². The van der Waals surface area contributed by atoms with Gasteiger partial charge < -0.3 is 35.1 Å². The molecule has 1 saturated carbocycles. The van der Waals surface area contributed by atoms with Crippen LogP contribution in [-0.2, 0) is 25.5 Å². The molecule has 41 heavy (non-hydrogen) atoms. The number of hydrazine groups is 1. The summed E-state index contributed by atoms with van der Waals surface area (Å²) in [4.78, 5) is 42.5. The molecule has 0 bridgehead atoms. The maximum atomic E-state index is 14.1. The number of morpholine rings is 1. The first-order valence-electron chi connectivity index (χ1n) is 14.6. The second-order valence-corrected chi connectivity index (χ2v) is 11.8. The van der Waals surface area contributed by atoms with Crippen LogP contribution in [0.1, 0.15) is 62.1 Å². The molecule has 5 N–H and O–H groups in total. The monoisotopic (exact) mass is 589 g/mol. The molecule has 3 fully saturated rings. The minimum absolute atomic E-state index is 0.0180. The first-order valence-corrected chi connectivity index (χ1v) is 15.0. The number of allylic oxidation sites excluding steroid dienone is 1. The molecule has 2 amide bonds. The van der Waals surface area contributed by atoms with Gasteiger partial charge in [-0.15, -0.1) is 0 Å². The lowest BCUT2D eigenvalue weighted by molar-refractivity contribution is -0.155. The van der Waals surface area contributed by atoms with Crippen molar-refractivity contribution in [2.75, 3.05) is 46.0 Å². The number of hydrogen-bond acceptors (Lipinski definition) is 8. The topological polar surface area (TPSA) is 152 Å². The highest BCUT2D eigenvalue weighted by atomic mass is 35.5. The van der Waals surface area contributed by atoms with Crippen molar-refractivity contribution >= 4 is 29.4 Å². The summed E-state index contributed by atoms with van der Waals surface area (Å²) in [5.74, 6) is 4.07. The number of piperidine rings is 1. The smallest absolute Gasteiger partial charge is 0.307 e. The van der Waals surface area contributed by atoms with Crippen LogP contribution in [0.2, 0.25) is 5.02 Å². The Morgan fingerprint density at radius 1 is 1.07 bits per heavy atom. The lowest BCUT2D eigenvalue weighted by Crippen LogP contribution is -2.52. The number of halogens is 1. The van der Waals surface area contributed by atoms with Gasteiger partial charge in [0.05, 0.1) is 35.9 Å². The maximum Gasteiger partial charge on any atom is 0.307 e. The van der Waals surface area contributed by atoms with E-state index in [4.69, 9.17) is 32.7 Å². The van der Waals surface area contributed by atoms with Gasteiger partial charge in [0.1, 0.15) is 19.0 Å². The molecule has 0 spiro atoms. The molecule has 5 rings (SSSR count). The Morgan fingerprint density at radius 3 is 2.59 bits per heavy atom. The van der Waals surface area contributed by atoms with Crippen molar-refractivity contribution in [1.82, 2.24) is 14.8 Å². The zero-order chi connectivity index (χ0) is 29.1. The quantitative estimate of drug-likeness (QED) is 0.407. The van der Waals surface area contributed by atoms with E-state index in [-0.39, 0.29) is 31.6 Å². The standard InChI is InChI=1S/C29H40ClN5O6/c30-21-8-9-25(41-16-22(31)23-7-3-4-11-35(23)32)27-20(21)10-12-34(24(27)15-33-13-14-40-17-26(33)36)28(37)18-5-1-2-6-19(18)29(38)39/h8-9,18-19,24H,1-7,10-17,31-32H2,(H,38,39)/b23-22-. The van der Waals surface area contributed by atoms with Crippen LogP contribution in [0, 0.1) is 11.8 Å². The third-order valence-corrected chi connectivity index (χ3v) is 9.25. The number of hydrogen-bond donors (Lipinski definition) is 3. The molecule has 3 atom stereocenters. The van der Waals surface area contributed by atoms with Crippen LogP contribution < -0.4 is 16.3 Å². The molecule has 12 heteroatoms. The minimum Gasteiger partial charge on any atom is -0.487 e. The second kappa shape index (κ2) is 12.9. The average Bonchev–Trinajstić information content (AvgIpc) is 2.97. The van der Waals surface area contributed by atoms with Gasteiger partial charge in [-0.05, 0) is 56.2 Å². The molecule has 1 aromatic rings. The Hall–Kier alpha value is -3.02. The van der Waals surface area contributed by atoms with E-state index in [1.807, 2.05) is 0 Å². The molecule has 1 aliphatic carbocycles. The molecule has 4 aliphatic rings. The fraction of sp³-hybridized carbons (Fsp3) is 0.621. The Labute approximate surface area is 245 Å². The van der Waals surface area contributed by atoms with Gasteiger partial charge in [-0.1, -0.05) is 24.4 Å². The van der Waals surface area contributed by atoms with E-state index < -0.39 is 23.8 Å². The Balaban J connectivity index is 1.50. The van der Waals surface area contributed by atoms with E-state index in [1.165, 1.54) is 0 Å². The molecule has 0 radical (unpaired) electrons. The SMILES string of the molecule is N/C(COc1ccc(Cl)c2c1C(CN1CCOCC1=O)N(C(=O)C1CCCCC1C(=O)O)CC2)=C1/CCCCN1N. The summed E-state index contributed by atoms with van der Waals surface area (Å²) < 4.78 is 11.7. The van der Waals surface area contributed by atoms with E-state index in [0.29, 0.717) is 55.4 Å². The van der Waals surface area contributed by atoms with Crippen molar-refractivity contribution in [3.05, 3.63) is 39.7 Å². The highest BCUT2D eigenvalue weighted by Crippen LogP contribution is 2.43. The van der Waals surface area contributed by atoms with Crippen LogP contribution in [0.15, 0.2) is 23.5 Å². The van der Waals surface area contributed by atoms with Crippen molar-refractivity contribution in [3.8, 4) is 5.75 Å². The zero-order valence-electron chi connectivity index (χ0n) is 23.4. The van der Waals surface area contributed by atoms with Crippen LogP contribution in [0.3, 0.4) is 0 Å². The minimum atomic E-state index is -0.937. The van der Waals surface area contributed by atoms with Crippen molar-refractivity contribution in [2.24, 2.45) is 23.4 Å². The number of carbonyl (C=O) groups is 3. The van der Waals surface area contributed by atoms with Gasteiger partial charge >= 0.3 is 5.97 Å². The summed E-state index contributed by atoms with van der Waals surface area (Å²) in [5, 5.41) is 12.1. The Kier molecular flexibility index (Phi) is 9.25. The molecule has 1 aromatic carbocycles. The largest absolute Gasteiger partial charge is 0.487 e. The zero-order valence-corrected chi connectivity index (χ0v) is 24.1. The molecule has 11 nitrogen and oxygen atoms in total. The van der Waals surface area contributed by atoms with E-state index in [2.05, 4.69) is 0 Å². The molecule has 0 aromatic heterocycles. The number of fused-ring (bicyclic) bond motifs is 1. The summed E-state index contributed by atoms with van der Waals surface area (Å²) in [5.41, 5.74) is 9.45. The van der Waals surface area contributed by atoms with Crippen LogP contribution >= 0.6 is 11.6 Å².